The van der Waals surface area contributed by atoms with Crippen molar-refractivity contribution in [2.24, 2.45) is 5.92 Å². The molecule has 0 N–H and O–H groups in total. The van der Waals surface area contributed by atoms with E-state index in [4.69, 9.17) is 0 Å². The Morgan fingerprint density at radius 1 is 1.10 bits per heavy atom. The van der Waals surface area contributed by atoms with Gasteiger partial charge in [0.2, 0.25) is 5.91 Å². The predicted octanol–water partition coefficient (Wildman–Crippen LogP) is 3.54. The summed E-state index contributed by atoms with van der Waals surface area (Å²) in [6.07, 6.45) is 10.6. The van der Waals surface area contributed by atoms with Gasteiger partial charge in [0, 0.05) is 19.5 Å². The summed E-state index contributed by atoms with van der Waals surface area (Å²) in [7, 11) is 1.39. The van der Waals surface area contributed by atoms with Crippen molar-refractivity contribution in [1.82, 2.24) is 4.90 Å². The average molecular weight is 297 g/mol. The summed E-state index contributed by atoms with van der Waals surface area (Å²) in [5.74, 6) is 0.700. The lowest BCUT2D eigenvalue weighted by Gasteiger charge is -2.25. The molecule has 0 atom stereocenters. The largest absolute Gasteiger partial charge is 0.469 e. The van der Waals surface area contributed by atoms with E-state index in [0.717, 1.165) is 31.7 Å². The number of esters is 1. The molecule has 1 aliphatic carbocycles. The van der Waals surface area contributed by atoms with Crippen LogP contribution in [0.5, 0.6) is 0 Å². The minimum atomic E-state index is -0.239. The van der Waals surface area contributed by atoms with E-state index in [1.54, 1.807) is 0 Å². The maximum absolute atomic E-state index is 12.4. The number of ether oxygens (including phenoxy) is 1. The van der Waals surface area contributed by atoms with Gasteiger partial charge in [-0.1, -0.05) is 45.4 Å². The van der Waals surface area contributed by atoms with Crippen LogP contribution < -0.4 is 0 Å². The van der Waals surface area contributed by atoms with Gasteiger partial charge < -0.3 is 9.64 Å². The second kappa shape index (κ2) is 10.6. The summed E-state index contributed by atoms with van der Waals surface area (Å²) < 4.78 is 4.66. The third-order valence-electron chi connectivity index (χ3n) is 4.44. The van der Waals surface area contributed by atoms with Gasteiger partial charge in [0.05, 0.1) is 13.5 Å². The number of carbonyl (C=O) groups is 2. The van der Waals surface area contributed by atoms with Gasteiger partial charge in [-0.15, -0.1) is 0 Å². The maximum Gasteiger partial charge on any atom is 0.307 e. The van der Waals surface area contributed by atoms with Crippen molar-refractivity contribution in [1.29, 1.82) is 0 Å². The highest BCUT2D eigenvalue weighted by Gasteiger charge is 2.18. The molecule has 0 aliphatic heterocycles. The Bertz CT molecular complexity index is 311. The molecule has 1 rings (SSSR count). The zero-order valence-electron chi connectivity index (χ0n) is 13.7. The molecule has 122 valence electrons. The molecular weight excluding hydrogens is 266 g/mol. The predicted molar refractivity (Wildman–Crippen MR) is 83.9 cm³/mol. The van der Waals surface area contributed by atoms with Crippen LogP contribution in [0.3, 0.4) is 0 Å². The van der Waals surface area contributed by atoms with Gasteiger partial charge in [0.15, 0.2) is 0 Å². The molecule has 0 heterocycles. The molecule has 4 heteroatoms. The Morgan fingerprint density at radius 3 is 2.43 bits per heavy atom. The summed E-state index contributed by atoms with van der Waals surface area (Å²) in [4.78, 5) is 25.5. The molecular formula is C17H31NO3. The van der Waals surface area contributed by atoms with Crippen LogP contribution in [0, 0.1) is 5.92 Å². The van der Waals surface area contributed by atoms with Crippen LogP contribution in [0.1, 0.15) is 71.1 Å². The van der Waals surface area contributed by atoms with Crippen molar-refractivity contribution in [3.63, 3.8) is 0 Å². The van der Waals surface area contributed by atoms with Crippen molar-refractivity contribution in [3.05, 3.63) is 0 Å². The first-order chi connectivity index (χ1) is 10.2. The molecule has 0 bridgehead atoms. The number of nitrogens with zero attached hydrogens (tertiary/aromatic N) is 1. The van der Waals surface area contributed by atoms with E-state index in [0.29, 0.717) is 19.4 Å². The zero-order valence-corrected chi connectivity index (χ0v) is 13.7. The first-order valence-corrected chi connectivity index (χ1v) is 8.52. The normalized spacial score (nSPS) is 15.7. The monoisotopic (exact) mass is 297 g/mol. The van der Waals surface area contributed by atoms with Gasteiger partial charge in [-0.3, -0.25) is 9.59 Å². The minimum absolute atomic E-state index is 0.206. The molecule has 21 heavy (non-hydrogen) atoms. The third-order valence-corrected chi connectivity index (χ3v) is 4.44. The van der Waals surface area contributed by atoms with Gasteiger partial charge in [-0.2, -0.15) is 0 Å². The number of hydrogen-bond acceptors (Lipinski definition) is 3. The van der Waals surface area contributed by atoms with Crippen molar-refractivity contribution in [2.75, 3.05) is 20.2 Å². The fraction of sp³-hybridized carbons (Fsp3) is 0.882. The Kier molecular flexibility index (Phi) is 9.11. The summed E-state index contributed by atoms with van der Waals surface area (Å²) in [6.45, 7) is 3.37. The SMILES string of the molecule is CCCCN(CCC(=O)OC)C(=O)CCC1CCCCC1. The molecule has 1 saturated carbocycles. The van der Waals surface area contributed by atoms with Crippen LogP contribution in [-0.2, 0) is 14.3 Å². The molecule has 1 aliphatic rings. The fourth-order valence-electron chi connectivity index (χ4n) is 3.00. The number of rotatable bonds is 9. The summed E-state index contributed by atoms with van der Waals surface area (Å²) >= 11 is 0. The Balaban J connectivity index is 2.35. The van der Waals surface area contributed by atoms with Crippen molar-refractivity contribution < 1.29 is 14.3 Å². The number of amides is 1. The molecule has 4 nitrogen and oxygen atoms in total. The van der Waals surface area contributed by atoms with E-state index in [9.17, 15) is 9.59 Å². The molecule has 1 fully saturated rings. The quantitative estimate of drug-likeness (QED) is 0.612. The van der Waals surface area contributed by atoms with Crippen molar-refractivity contribution >= 4 is 11.9 Å². The van der Waals surface area contributed by atoms with E-state index < -0.39 is 0 Å². The second-order valence-corrected chi connectivity index (χ2v) is 6.10. The highest BCUT2D eigenvalue weighted by molar-refractivity contribution is 5.77. The van der Waals surface area contributed by atoms with Crippen LogP contribution >= 0.6 is 0 Å². The summed E-state index contributed by atoms with van der Waals surface area (Å²) in [5, 5.41) is 0. The van der Waals surface area contributed by atoms with Gasteiger partial charge in [0.1, 0.15) is 0 Å². The van der Waals surface area contributed by atoms with Crippen molar-refractivity contribution in [3.8, 4) is 0 Å². The second-order valence-electron chi connectivity index (χ2n) is 6.10. The molecule has 0 aromatic rings. The topological polar surface area (TPSA) is 46.6 Å². The van der Waals surface area contributed by atoms with Crippen molar-refractivity contribution in [2.45, 2.75) is 71.1 Å². The van der Waals surface area contributed by atoms with E-state index >= 15 is 0 Å². The fourth-order valence-corrected chi connectivity index (χ4v) is 3.00. The van der Waals surface area contributed by atoms with Crippen LogP contribution in [0.4, 0.5) is 0 Å². The molecule has 0 aromatic carbocycles. The third kappa shape index (κ3) is 7.49. The molecule has 1 amide bonds. The first kappa shape index (κ1) is 18.0. The van der Waals surface area contributed by atoms with E-state index in [2.05, 4.69) is 11.7 Å². The number of hydrogen-bond donors (Lipinski definition) is 0. The molecule has 0 spiro atoms. The van der Waals surface area contributed by atoms with Gasteiger partial charge in [0.25, 0.3) is 0 Å². The lowest BCUT2D eigenvalue weighted by Crippen LogP contribution is -2.34. The standard InChI is InChI=1S/C17H31NO3/c1-3-4-13-18(14-12-17(20)21-2)16(19)11-10-15-8-6-5-7-9-15/h15H,3-14H2,1-2H3. The number of methoxy groups -OCH3 is 1. The van der Waals surface area contributed by atoms with Gasteiger partial charge >= 0.3 is 5.97 Å². The van der Waals surface area contributed by atoms with Crippen LogP contribution in [-0.4, -0.2) is 37.0 Å². The van der Waals surface area contributed by atoms with Crippen LogP contribution in [0.15, 0.2) is 0 Å². The highest BCUT2D eigenvalue weighted by atomic mass is 16.5. The summed E-state index contributed by atoms with van der Waals surface area (Å²) in [6, 6.07) is 0. The van der Waals surface area contributed by atoms with E-state index in [1.165, 1.54) is 39.2 Å². The average Bonchev–Trinajstić information content (AvgIpc) is 2.53. The first-order valence-electron chi connectivity index (χ1n) is 8.52. The molecule has 0 saturated heterocycles. The molecule has 0 unspecified atom stereocenters. The molecule has 0 radical (unpaired) electrons. The Hall–Kier alpha value is -1.06. The van der Waals surface area contributed by atoms with E-state index in [-0.39, 0.29) is 11.9 Å². The summed E-state index contributed by atoms with van der Waals surface area (Å²) in [5.41, 5.74) is 0. The van der Waals surface area contributed by atoms with Gasteiger partial charge in [-0.05, 0) is 18.8 Å². The smallest absolute Gasteiger partial charge is 0.307 e. The highest BCUT2D eigenvalue weighted by Crippen LogP contribution is 2.27. The zero-order chi connectivity index (χ0) is 15.5. The molecule has 0 aromatic heterocycles. The van der Waals surface area contributed by atoms with E-state index in [1.807, 2.05) is 4.90 Å². The Morgan fingerprint density at radius 2 is 1.81 bits per heavy atom. The van der Waals surface area contributed by atoms with Crippen LogP contribution in [0.2, 0.25) is 0 Å². The Labute approximate surface area is 129 Å². The maximum atomic E-state index is 12.4. The number of carbonyl (C=O) groups excluding carboxylic acids is 2. The minimum Gasteiger partial charge on any atom is -0.469 e. The lowest BCUT2D eigenvalue weighted by molar-refractivity contribution is -0.141. The van der Waals surface area contributed by atoms with Gasteiger partial charge in [-0.25, -0.2) is 0 Å². The number of unbranched alkanes of at least 4 members (excludes halogenated alkanes) is 1. The van der Waals surface area contributed by atoms with Crippen LogP contribution in [0.25, 0.3) is 0 Å². The lowest BCUT2D eigenvalue weighted by atomic mass is 9.86.